The Morgan fingerprint density at radius 1 is 1.16 bits per heavy atom. The largest absolute Gasteiger partial charge is 0.305 e. The molecule has 0 radical (unpaired) electrons. The average molecular weight is 358 g/mol. The summed E-state index contributed by atoms with van der Waals surface area (Å²) in [5.74, 6) is -0.0669. The van der Waals surface area contributed by atoms with Gasteiger partial charge in [0, 0.05) is 23.3 Å². The molecule has 132 valence electrons. The van der Waals surface area contributed by atoms with E-state index in [9.17, 15) is 13.2 Å². The fraction of sp³-hybridized carbons (Fsp3) is 0.316. The zero-order valence-corrected chi connectivity index (χ0v) is 15.4. The summed E-state index contributed by atoms with van der Waals surface area (Å²) in [6.45, 7) is 5.54. The molecule has 1 atom stereocenters. The molecule has 6 heteroatoms. The predicted molar refractivity (Wildman–Crippen MR) is 98.3 cm³/mol. The van der Waals surface area contributed by atoms with Gasteiger partial charge in [0.05, 0.1) is 4.90 Å². The highest BCUT2D eigenvalue weighted by Crippen LogP contribution is 2.35. The number of fused-ring (bicyclic) bond motifs is 1. The van der Waals surface area contributed by atoms with Gasteiger partial charge < -0.3 is 4.90 Å². The Morgan fingerprint density at radius 2 is 1.84 bits per heavy atom. The van der Waals surface area contributed by atoms with Crippen molar-refractivity contribution in [2.45, 2.75) is 44.2 Å². The number of carbonyl (C=O) groups is 1. The number of hydrogen-bond donors (Lipinski definition) is 1. The van der Waals surface area contributed by atoms with Crippen LogP contribution in [0.25, 0.3) is 0 Å². The van der Waals surface area contributed by atoms with Gasteiger partial charge in [-0.15, -0.1) is 0 Å². The number of benzene rings is 2. The molecule has 1 heterocycles. The van der Waals surface area contributed by atoms with Crippen molar-refractivity contribution >= 4 is 21.6 Å². The van der Waals surface area contributed by atoms with Crippen LogP contribution >= 0.6 is 0 Å². The molecule has 0 spiro atoms. The molecule has 1 amide bonds. The van der Waals surface area contributed by atoms with Gasteiger partial charge in [-0.1, -0.05) is 18.2 Å². The Balaban J connectivity index is 1.96. The Bertz CT molecular complexity index is 892. The first-order valence-electron chi connectivity index (χ1n) is 8.33. The van der Waals surface area contributed by atoms with E-state index in [-0.39, 0.29) is 22.9 Å². The van der Waals surface area contributed by atoms with Crippen molar-refractivity contribution in [1.29, 1.82) is 0 Å². The van der Waals surface area contributed by atoms with Gasteiger partial charge in [-0.05, 0) is 63.1 Å². The Hall–Kier alpha value is -2.18. The highest BCUT2D eigenvalue weighted by atomic mass is 32.2. The molecule has 0 fully saturated rings. The Kier molecular flexibility index (Phi) is 4.67. The van der Waals surface area contributed by atoms with Crippen molar-refractivity contribution in [3.63, 3.8) is 0 Å². The quantitative estimate of drug-likeness (QED) is 0.914. The predicted octanol–water partition coefficient (Wildman–Crippen LogP) is 2.96. The third-order valence-electron chi connectivity index (χ3n) is 4.21. The third-order valence-corrected chi connectivity index (χ3v) is 5.86. The fourth-order valence-corrected chi connectivity index (χ4v) is 4.48. The lowest BCUT2D eigenvalue weighted by atomic mass is 10.1. The van der Waals surface area contributed by atoms with Crippen molar-refractivity contribution in [2.24, 2.45) is 0 Å². The average Bonchev–Trinajstić information content (AvgIpc) is 2.88. The summed E-state index contributed by atoms with van der Waals surface area (Å²) < 4.78 is 27.3. The van der Waals surface area contributed by atoms with Crippen molar-refractivity contribution in [1.82, 2.24) is 4.72 Å². The summed E-state index contributed by atoms with van der Waals surface area (Å²) in [5.41, 5.74) is 2.29. The van der Waals surface area contributed by atoms with Crippen LogP contribution in [0, 0.1) is 0 Å². The minimum Gasteiger partial charge on any atom is -0.305 e. The zero-order valence-electron chi connectivity index (χ0n) is 14.6. The van der Waals surface area contributed by atoms with Crippen molar-refractivity contribution in [3.05, 3.63) is 59.7 Å². The second-order valence-corrected chi connectivity index (χ2v) is 8.37. The number of nitrogens with zero attached hydrogens (tertiary/aromatic N) is 1. The first-order chi connectivity index (χ1) is 11.8. The molecule has 1 N–H and O–H groups in total. The van der Waals surface area contributed by atoms with E-state index in [1.54, 1.807) is 49.1 Å². The number of amides is 1. The van der Waals surface area contributed by atoms with Crippen molar-refractivity contribution in [3.8, 4) is 0 Å². The molecule has 0 aliphatic carbocycles. The molecule has 1 aliphatic heterocycles. The molecular weight excluding hydrogens is 336 g/mol. The van der Waals surface area contributed by atoms with Crippen LogP contribution in [0.4, 0.5) is 5.69 Å². The minimum absolute atomic E-state index is 0.0151. The van der Waals surface area contributed by atoms with Crippen LogP contribution in [-0.4, -0.2) is 26.4 Å². The molecule has 3 rings (SSSR count). The lowest BCUT2D eigenvalue weighted by Gasteiger charge is -2.23. The molecule has 0 aromatic heterocycles. The minimum atomic E-state index is -3.54. The van der Waals surface area contributed by atoms with E-state index in [1.165, 1.54) is 0 Å². The van der Waals surface area contributed by atoms with Gasteiger partial charge in [0.2, 0.25) is 10.0 Å². The van der Waals surface area contributed by atoms with Crippen LogP contribution in [-0.2, 0) is 16.4 Å². The monoisotopic (exact) mass is 358 g/mol. The summed E-state index contributed by atoms with van der Waals surface area (Å²) in [6.07, 6.45) is 0.638. The first-order valence-corrected chi connectivity index (χ1v) is 9.82. The zero-order chi connectivity index (χ0) is 18.2. The lowest BCUT2D eigenvalue weighted by Crippen LogP contribution is -2.35. The summed E-state index contributed by atoms with van der Waals surface area (Å²) in [7, 11) is -3.54. The van der Waals surface area contributed by atoms with Crippen LogP contribution in [0.1, 0.15) is 36.7 Å². The summed E-state index contributed by atoms with van der Waals surface area (Å²) in [4.78, 5) is 14.8. The van der Waals surface area contributed by atoms with Gasteiger partial charge >= 0.3 is 0 Å². The van der Waals surface area contributed by atoms with Gasteiger partial charge in [-0.25, -0.2) is 13.1 Å². The molecular formula is C19H22N2O3S. The number of hydrogen-bond acceptors (Lipinski definition) is 3. The highest BCUT2D eigenvalue weighted by Gasteiger charge is 2.32. The first kappa shape index (κ1) is 17.6. The molecule has 2 aromatic carbocycles. The van der Waals surface area contributed by atoms with Gasteiger partial charge in [0.25, 0.3) is 5.91 Å². The van der Waals surface area contributed by atoms with E-state index in [4.69, 9.17) is 0 Å². The number of carbonyl (C=O) groups excluding carboxylic acids is 1. The van der Waals surface area contributed by atoms with E-state index in [2.05, 4.69) is 4.72 Å². The van der Waals surface area contributed by atoms with E-state index in [0.717, 1.165) is 11.3 Å². The maximum Gasteiger partial charge on any atom is 0.258 e. The van der Waals surface area contributed by atoms with Crippen molar-refractivity contribution < 1.29 is 13.2 Å². The molecule has 0 bridgehead atoms. The Morgan fingerprint density at radius 3 is 2.48 bits per heavy atom. The molecule has 0 saturated carbocycles. The van der Waals surface area contributed by atoms with Crippen LogP contribution in [0.5, 0.6) is 0 Å². The normalized spacial score (nSPS) is 17.0. The van der Waals surface area contributed by atoms with Crippen molar-refractivity contribution in [2.75, 3.05) is 4.90 Å². The fourth-order valence-electron chi connectivity index (χ4n) is 3.18. The second kappa shape index (κ2) is 6.61. The maximum atomic E-state index is 12.8. The van der Waals surface area contributed by atoms with Gasteiger partial charge in [0.1, 0.15) is 0 Å². The summed E-state index contributed by atoms with van der Waals surface area (Å²) in [6, 6.07) is 13.9. The molecule has 0 unspecified atom stereocenters. The standard InChI is InChI=1S/C19H22N2O3S/c1-13(2)20-25(23,24)17-9-10-18-16(12-17)11-14(3)21(18)19(22)15-7-5-4-6-8-15/h4-10,12-14,20H,11H2,1-3H3/t14-/m0/s1. The number of sulfonamides is 1. The molecule has 1 aliphatic rings. The number of rotatable bonds is 4. The molecule has 0 saturated heterocycles. The number of anilines is 1. The smallest absolute Gasteiger partial charge is 0.258 e. The highest BCUT2D eigenvalue weighted by molar-refractivity contribution is 7.89. The molecule has 5 nitrogen and oxygen atoms in total. The summed E-state index contributed by atoms with van der Waals surface area (Å²) in [5, 5.41) is 0. The van der Waals surface area contributed by atoms with E-state index >= 15 is 0 Å². The Labute approximate surface area is 148 Å². The van der Waals surface area contributed by atoms with Gasteiger partial charge in [0.15, 0.2) is 0 Å². The second-order valence-electron chi connectivity index (χ2n) is 6.66. The van der Waals surface area contributed by atoms with Crippen LogP contribution in [0.15, 0.2) is 53.4 Å². The van der Waals surface area contributed by atoms with Crippen LogP contribution in [0.2, 0.25) is 0 Å². The third kappa shape index (κ3) is 3.45. The van der Waals surface area contributed by atoms with Crippen LogP contribution < -0.4 is 9.62 Å². The topological polar surface area (TPSA) is 66.5 Å². The number of nitrogens with one attached hydrogen (secondary N) is 1. The molecule has 25 heavy (non-hydrogen) atoms. The van der Waals surface area contributed by atoms with E-state index < -0.39 is 10.0 Å². The summed E-state index contributed by atoms with van der Waals surface area (Å²) >= 11 is 0. The SMILES string of the molecule is CC(C)NS(=O)(=O)c1ccc2c(c1)C[C@H](C)N2C(=O)c1ccccc1. The van der Waals surface area contributed by atoms with Gasteiger partial charge in [-0.2, -0.15) is 0 Å². The van der Waals surface area contributed by atoms with E-state index in [1.807, 2.05) is 25.1 Å². The van der Waals surface area contributed by atoms with Crippen LogP contribution in [0.3, 0.4) is 0 Å². The lowest BCUT2D eigenvalue weighted by molar-refractivity contribution is 0.0981. The van der Waals surface area contributed by atoms with E-state index in [0.29, 0.717) is 12.0 Å². The molecule has 2 aromatic rings. The van der Waals surface area contributed by atoms with Gasteiger partial charge in [-0.3, -0.25) is 4.79 Å². The maximum absolute atomic E-state index is 12.8.